The molecule has 0 saturated heterocycles. The monoisotopic (exact) mass is 764 g/mol. The summed E-state index contributed by atoms with van der Waals surface area (Å²) in [5.41, 5.74) is 16.5. The zero-order valence-corrected chi connectivity index (χ0v) is 33.0. The summed E-state index contributed by atoms with van der Waals surface area (Å²) < 4.78 is 2.37. The van der Waals surface area contributed by atoms with Gasteiger partial charge in [-0.25, -0.2) is 0 Å². The van der Waals surface area contributed by atoms with Crippen LogP contribution < -0.4 is 4.90 Å². The first kappa shape index (κ1) is 35.2. The Bertz CT molecular complexity index is 3210. The molecule has 0 aliphatic heterocycles. The molecule has 0 amide bonds. The molecule has 0 aliphatic rings. The third kappa shape index (κ3) is 6.41. The Morgan fingerprint density at radius 2 is 0.683 bits per heavy atom. The SMILES string of the molecule is c1ccc(-c2ccc(-c3ccc(N(c4ccc(-c5ccc(-n6c7ccccc7c7ccccc76)cc5)cc4)c4cccc(-c5cccc6ccccc56)c4)cc3)cc2)cc1. The first-order valence-electron chi connectivity index (χ1n) is 20.6. The van der Waals surface area contributed by atoms with Crippen LogP contribution in [0.2, 0.25) is 0 Å². The highest BCUT2D eigenvalue weighted by molar-refractivity contribution is 6.09. The van der Waals surface area contributed by atoms with E-state index >= 15 is 0 Å². The van der Waals surface area contributed by atoms with Crippen molar-refractivity contribution < 1.29 is 0 Å². The van der Waals surface area contributed by atoms with Crippen molar-refractivity contribution in [1.29, 1.82) is 0 Å². The number of fused-ring (bicyclic) bond motifs is 4. The largest absolute Gasteiger partial charge is 0.310 e. The number of nitrogens with zero attached hydrogens (tertiary/aromatic N) is 2. The molecule has 0 unspecified atom stereocenters. The van der Waals surface area contributed by atoms with E-state index in [2.05, 4.69) is 252 Å². The molecule has 0 N–H and O–H groups in total. The van der Waals surface area contributed by atoms with Crippen molar-refractivity contribution in [3.05, 3.63) is 243 Å². The summed E-state index contributed by atoms with van der Waals surface area (Å²) in [5.74, 6) is 0. The fourth-order valence-electron chi connectivity index (χ4n) is 8.83. The van der Waals surface area contributed by atoms with Gasteiger partial charge < -0.3 is 9.47 Å². The average molecular weight is 765 g/mol. The van der Waals surface area contributed by atoms with E-state index < -0.39 is 0 Å². The molecule has 0 atom stereocenters. The van der Waals surface area contributed by atoms with Crippen LogP contribution in [0, 0.1) is 0 Å². The Balaban J connectivity index is 0.948. The number of aromatic nitrogens is 1. The standard InChI is InChI=1S/C58H40N2/c1-2-12-41(13-3-1)42-24-26-43(27-25-42)44-28-34-49(35-29-44)59(52-17-10-16-48(40-52)54-21-11-15-47-14-4-5-18-53(47)54)50-36-30-45(31-37-50)46-32-38-51(39-33-46)60-57-22-8-6-19-55(57)56-20-7-9-23-58(56)60/h1-40H. The summed E-state index contributed by atoms with van der Waals surface area (Å²) in [6.45, 7) is 0. The van der Waals surface area contributed by atoms with Gasteiger partial charge in [0.25, 0.3) is 0 Å². The van der Waals surface area contributed by atoms with E-state index in [0.29, 0.717) is 0 Å². The Morgan fingerprint density at radius 1 is 0.267 bits per heavy atom. The molecule has 0 bridgehead atoms. The van der Waals surface area contributed by atoms with E-state index in [1.54, 1.807) is 0 Å². The summed E-state index contributed by atoms with van der Waals surface area (Å²) in [5, 5.41) is 5.03. The molecule has 0 saturated carbocycles. The van der Waals surface area contributed by atoms with Crippen LogP contribution in [0.25, 0.3) is 82.8 Å². The fourth-order valence-corrected chi connectivity index (χ4v) is 8.83. The lowest BCUT2D eigenvalue weighted by atomic mass is 9.97. The molecule has 11 aromatic rings. The molecule has 0 radical (unpaired) electrons. The Labute approximate surface area is 350 Å². The van der Waals surface area contributed by atoms with Crippen molar-refractivity contribution in [3.63, 3.8) is 0 Å². The van der Waals surface area contributed by atoms with Crippen molar-refractivity contribution in [2.75, 3.05) is 4.90 Å². The Hall–Kier alpha value is -7.94. The van der Waals surface area contributed by atoms with Crippen LogP contribution in [0.4, 0.5) is 17.1 Å². The number of hydrogen-bond donors (Lipinski definition) is 0. The van der Waals surface area contributed by atoms with Crippen molar-refractivity contribution >= 4 is 49.6 Å². The molecule has 0 aliphatic carbocycles. The van der Waals surface area contributed by atoms with Crippen LogP contribution in [-0.4, -0.2) is 4.57 Å². The van der Waals surface area contributed by atoms with Crippen LogP contribution >= 0.6 is 0 Å². The zero-order valence-electron chi connectivity index (χ0n) is 33.0. The van der Waals surface area contributed by atoms with E-state index in [-0.39, 0.29) is 0 Å². The highest BCUT2D eigenvalue weighted by atomic mass is 15.1. The van der Waals surface area contributed by atoms with Crippen molar-refractivity contribution in [1.82, 2.24) is 4.57 Å². The second-order valence-corrected chi connectivity index (χ2v) is 15.4. The van der Waals surface area contributed by atoms with Crippen LogP contribution in [0.3, 0.4) is 0 Å². The zero-order chi connectivity index (χ0) is 39.8. The van der Waals surface area contributed by atoms with Gasteiger partial charge in [-0.2, -0.15) is 0 Å². The predicted octanol–water partition coefficient (Wildman–Crippen LogP) is 16.1. The van der Waals surface area contributed by atoms with Gasteiger partial charge >= 0.3 is 0 Å². The molecule has 10 aromatic carbocycles. The second kappa shape index (κ2) is 15.1. The second-order valence-electron chi connectivity index (χ2n) is 15.4. The summed E-state index contributed by atoms with van der Waals surface area (Å²) in [4.78, 5) is 2.37. The molecule has 2 nitrogen and oxygen atoms in total. The number of para-hydroxylation sites is 2. The minimum atomic E-state index is 1.09. The van der Waals surface area contributed by atoms with E-state index in [0.717, 1.165) is 22.7 Å². The van der Waals surface area contributed by atoms with Crippen LogP contribution in [0.1, 0.15) is 0 Å². The molecule has 1 aromatic heterocycles. The summed E-state index contributed by atoms with van der Waals surface area (Å²) in [6, 6.07) is 87.8. The quantitative estimate of drug-likeness (QED) is 0.150. The first-order valence-corrected chi connectivity index (χ1v) is 20.6. The summed E-state index contributed by atoms with van der Waals surface area (Å²) >= 11 is 0. The number of anilines is 3. The third-order valence-corrected chi connectivity index (χ3v) is 11.8. The maximum atomic E-state index is 2.37. The number of hydrogen-bond acceptors (Lipinski definition) is 1. The van der Waals surface area contributed by atoms with Crippen LogP contribution in [0.15, 0.2) is 243 Å². The Kier molecular flexibility index (Phi) is 8.87. The topological polar surface area (TPSA) is 8.17 Å². The van der Waals surface area contributed by atoms with Crippen molar-refractivity contribution in [3.8, 4) is 50.2 Å². The first-order chi connectivity index (χ1) is 29.7. The van der Waals surface area contributed by atoms with Crippen LogP contribution in [-0.2, 0) is 0 Å². The van der Waals surface area contributed by atoms with Gasteiger partial charge in [0.15, 0.2) is 0 Å². The Morgan fingerprint density at radius 3 is 1.27 bits per heavy atom. The molecule has 60 heavy (non-hydrogen) atoms. The van der Waals surface area contributed by atoms with Gasteiger partial charge in [0.1, 0.15) is 0 Å². The summed E-state index contributed by atoms with van der Waals surface area (Å²) in [7, 11) is 0. The average Bonchev–Trinajstić information content (AvgIpc) is 3.67. The fraction of sp³-hybridized carbons (Fsp3) is 0. The highest BCUT2D eigenvalue weighted by Gasteiger charge is 2.16. The molecule has 0 fully saturated rings. The molecule has 1 heterocycles. The predicted molar refractivity (Wildman–Crippen MR) is 255 cm³/mol. The highest BCUT2D eigenvalue weighted by Crippen LogP contribution is 2.40. The van der Waals surface area contributed by atoms with Crippen molar-refractivity contribution in [2.24, 2.45) is 0 Å². The minimum Gasteiger partial charge on any atom is -0.310 e. The van der Waals surface area contributed by atoms with Crippen LogP contribution in [0.5, 0.6) is 0 Å². The number of benzene rings is 10. The van der Waals surface area contributed by atoms with Gasteiger partial charge in [-0.05, 0) is 116 Å². The van der Waals surface area contributed by atoms with E-state index in [4.69, 9.17) is 0 Å². The third-order valence-electron chi connectivity index (χ3n) is 11.8. The maximum absolute atomic E-state index is 2.37. The van der Waals surface area contributed by atoms with E-state index in [1.807, 2.05) is 0 Å². The van der Waals surface area contributed by atoms with Gasteiger partial charge in [-0.1, -0.05) is 182 Å². The molecular formula is C58H40N2. The molecule has 11 rings (SSSR count). The van der Waals surface area contributed by atoms with Gasteiger partial charge in [0.2, 0.25) is 0 Å². The smallest absolute Gasteiger partial charge is 0.0541 e. The van der Waals surface area contributed by atoms with Crippen molar-refractivity contribution in [2.45, 2.75) is 0 Å². The van der Waals surface area contributed by atoms with Gasteiger partial charge in [-0.15, -0.1) is 0 Å². The maximum Gasteiger partial charge on any atom is 0.0541 e. The molecule has 2 heteroatoms. The minimum absolute atomic E-state index is 1.09. The van der Waals surface area contributed by atoms with Gasteiger partial charge in [0, 0.05) is 33.5 Å². The van der Waals surface area contributed by atoms with Gasteiger partial charge in [0.05, 0.1) is 11.0 Å². The molecular weight excluding hydrogens is 725 g/mol. The van der Waals surface area contributed by atoms with Gasteiger partial charge in [-0.3, -0.25) is 0 Å². The van der Waals surface area contributed by atoms with E-state index in [9.17, 15) is 0 Å². The lowest BCUT2D eigenvalue weighted by Gasteiger charge is -2.26. The molecule has 0 spiro atoms. The van der Waals surface area contributed by atoms with E-state index in [1.165, 1.54) is 77.1 Å². The normalized spacial score (nSPS) is 11.3. The molecule has 282 valence electrons. The number of rotatable bonds is 8. The summed E-state index contributed by atoms with van der Waals surface area (Å²) in [6.07, 6.45) is 0. The lowest BCUT2D eigenvalue weighted by molar-refractivity contribution is 1.18. The lowest BCUT2D eigenvalue weighted by Crippen LogP contribution is -2.10.